The van der Waals surface area contributed by atoms with E-state index in [1.165, 1.54) is 5.56 Å². The number of halogens is 1. The van der Waals surface area contributed by atoms with Crippen LogP contribution in [0.25, 0.3) is 10.9 Å². The molecule has 106 valence electrons. The highest BCUT2D eigenvalue weighted by Gasteiger charge is 2.04. The molecule has 0 atom stereocenters. The maximum atomic E-state index is 5.90. The van der Waals surface area contributed by atoms with Crippen LogP contribution in [0.3, 0.4) is 0 Å². The third kappa shape index (κ3) is 3.09. The Morgan fingerprint density at radius 2 is 1.86 bits per heavy atom. The van der Waals surface area contributed by atoms with Gasteiger partial charge in [0.15, 0.2) is 0 Å². The second kappa shape index (κ2) is 5.62. The molecular formula is C17H16ClN3. The molecule has 3 aromatic rings. The van der Waals surface area contributed by atoms with Gasteiger partial charge in [-0.3, -0.25) is 4.98 Å². The molecule has 1 aromatic heterocycles. The molecule has 1 heterocycles. The van der Waals surface area contributed by atoms with Gasteiger partial charge in [0.1, 0.15) is 0 Å². The number of hydrogen-bond acceptors (Lipinski definition) is 3. The largest absolute Gasteiger partial charge is 0.399 e. The van der Waals surface area contributed by atoms with Crippen LogP contribution in [0.5, 0.6) is 0 Å². The first kappa shape index (κ1) is 13.7. The maximum Gasteiger partial charge on any atom is 0.0727 e. The SMILES string of the molecule is Cc1cc(NCc2ccc(Cl)cc2)c2cc(N)ccc2n1. The van der Waals surface area contributed by atoms with Gasteiger partial charge >= 0.3 is 0 Å². The van der Waals surface area contributed by atoms with E-state index < -0.39 is 0 Å². The highest BCUT2D eigenvalue weighted by Crippen LogP contribution is 2.25. The molecule has 3 N–H and O–H groups in total. The second-order valence-corrected chi connectivity index (χ2v) is 5.50. The van der Waals surface area contributed by atoms with Gasteiger partial charge in [-0.15, -0.1) is 0 Å². The normalized spacial score (nSPS) is 10.8. The minimum atomic E-state index is 0.727. The van der Waals surface area contributed by atoms with Gasteiger partial charge < -0.3 is 11.1 Å². The molecule has 0 aliphatic heterocycles. The van der Waals surface area contributed by atoms with E-state index in [-0.39, 0.29) is 0 Å². The Morgan fingerprint density at radius 1 is 1.10 bits per heavy atom. The summed E-state index contributed by atoms with van der Waals surface area (Å²) in [5.41, 5.74) is 10.8. The molecule has 0 bridgehead atoms. The topological polar surface area (TPSA) is 50.9 Å². The van der Waals surface area contributed by atoms with Crippen molar-refractivity contribution < 1.29 is 0 Å². The molecule has 2 aromatic carbocycles. The van der Waals surface area contributed by atoms with Crippen LogP contribution in [0.2, 0.25) is 5.02 Å². The Balaban J connectivity index is 1.92. The lowest BCUT2D eigenvalue weighted by atomic mass is 10.1. The number of nitrogen functional groups attached to an aromatic ring is 1. The second-order valence-electron chi connectivity index (χ2n) is 5.07. The van der Waals surface area contributed by atoms with E-state index in [0.29, 0.717) is 0 Å². The van der Waals surface area contributed by atoms with Crippen LogP contribution in [0.1, 0.15) is 11.3 Å². The summed E-state index contributed by atoms with van der Waals surface area (Å²) < 4.78 is 0. The average Bonchev–Trinajstić information content (AvgIpc) is 2.47. The van der Waals surface area contributed by atoms with Gasteiger partial charge in [-0.1, -0.05) is 23.7 Å². The zero-order chi connectivity index (χ0) is 14.8. The number of rotatable bonds is 3. The number of pyridine rings is 1. The van der Waals surface area contributed by atoms with E-state index >= 15 is 0 Å². The average molecular weight is 298 g/mol. The molecule has 0 unspecified atom stereocenters. The van der Waals surface area contributed by atoms with Crippen molar-refractivity contribution in [2.75, 3.05) is 11.1 Å². The standard InChI is InChI=1S/C17H16ClN3/c1-11-8-17(15-9-14(19)6-7-16(15)21-11)20-10-12-2-4-13(18)5-3-12/h2-9H,10,19H2,1H3,(H,20,21). The van der Waals surface area contributed by atoms with E-state index in [4.69, 9.17) is 17.3 Å². The monoisotopic (exact) mass is 297 g/mol. The zero-order valence-corrected chi connectivity index (χ0v) is 12.5. The molecule has 21 heavy (non-hydrogen) atoms. The molecule has 0 aliphatic rings. The fourth-order valence-electron chi connectivity index (χ4n) is 2.32. The number of nitrogens with one attached hydrogen (secondary N) is 1. The zero-order valence-electron chi connectivity index (χ0n) is 11.7. The van der Waals surface area contributed by atoms with Gasteiger partial charge in [-0.2, -0.15) is 0 Å². The van der Waals surface area contributed by atoms with Crippen LogP contribution in [0.4, 0.5) is 11.4 Å². The Morgan fingerprint density at radius 3 is 2.62 bits per heavy atom. The Kier molecular flexibility index (Phi) is 3.67. The number of aromatic nitrogens is 1. The Labute approximate surface area is 128 Å². The summed E-state index contributed by atoms with van der Waals surface area (Å²) in [5.74, 6) is 0. The predicted molar refractivity (Wildman–Crippen MR) is 89.7 cm³/mol. The molecule has 0 saturated carbocycles. The molecule has 0 radical (unpaired) electrons. The maximum absolute atomic E-state index is 5.90. The van der Waals surface area contributed by atoms with Crippen molar-refractivity contribution in [1.82, 2.24) is 4.98 Å². The van der Waals surface area contributed by atoms with Gasteiger partial charge in [0, 0.05) is 34.0 Å². The van der Waals surface area contributed by atoms with Crippen molar-refractivity contribution in [1.29, 1.82) is 0 Å². The first-order chi connectivity index (χ1) is 10.1. The predicted octanol–water partition coefficient (Wildman–Crippen LogP) is 4.39. The van der Waals surface area contributed by atoms with Crippen molar-refractivity contribution in [3.05, 3.63) is 64.8 Å². The summed E-state index contributed by atoms with van der Waals surface area (Å²) in [6.07, 6.45) is 0. The van der Waals surface area contributed by atoms with Crippen LogP contribution >= 0.6 is 11.6 Å². The number of hydrogen-bond donors (Lipinski definition) is 2. The minimum Gasteiger partial charge on any atom is -0.399 e. The van der Waals surface area contributed by atoms with Gasteiger partial charge in [-0.25, -0.2) is 0 Å². The summed E-state index contributed by atoms with van der Waals surface area (Å²) in [7, 11) is 0. The van der Waals surface area contributed by atoms with Crippen LogP contribution in [0, 0.1) is 6.92 Å². The molecule has 0 spiro atoms. The van der Waals surface area contributed by atoms with Crippen LogP contribution < -0.4 is 11.1 Å². The summed E-state index contributed by atoms with van der Waals surface area (Å²) >= 11 is 5.90. The molecule has 0 aliphatic carbocycles. The van der Waals surface area contributed by atoms with Gasteiger partial charge in [0.2, 0.25) is 0 Å². The fourth-order valence-corrected chi connectivity index (χ4v) is 2.45. The van der Waals surface area contributed by atoms with Crippen molar-refractivity contribution >= 4 is 33.9 Å². The molecule has 0 saturated heterocycles. The highest BCUT2D eigenvalue weighted by atomic mass is 35.5. The number of benzene rings is 2. The van der Waals surface area contributed by atoms with Crippen LogP contribution in [-0.4, -0.2) is 4.98 Å². The Hall–Kier alpha value is -2.26. The summed E-state index contributed by atoms with van der Waals surface area (Å²) in [6, 6.07) is 15.6. The summed E-state index contributed by atoms with van der Waals surface area (Å²) in [4.78, 5) is 4.53. The summed E-state index contributed by atoms with van der Waals surface area (Å²) in [6.45, 7) is 2.72. The fraction of sp³-hybridized carbons (Fsp3) is 0.118. The lowest BCUT2D eigenvalue weighted by molar-refractivity contribution is 1.14. The van der Waals surface area contributed by atoms with E-state index in [1.54, 1.807) is 0 Å². The first-order valence-electron chi connectivity index (χ1n) is 6.77. The van der Waals surface area contributed by atoms with E-state index in [1.807, 2.05) is 55.5 Å². The first-order valence-corrected chi connectivity index (χ1v) is 7.15. The Bertz CT molecular complexity index is 782. The minimum absolute atomic E-state index is 0.727. The molecular weight excluding hydrogens is 282 g/mol. The lowest BCUT2D eigenvalue weighted by Crippen LogP contribution is -2.01. The smallest absolute Gasteiger partial charge is 0.0727 e. The van der Waals surface area contributed by atoms with E-state index in [0.717, 1.165) is 39.5 Å². The molecule has 3 nitrogen and oxygen atoms in total. The van der Waals surface area contributed by atoms with Crippen molar-refractivity contribution in [3.8, 4) is 0 Å². The van der Waals surface area contributed by atoms with Crippen molar-refractivity contribution in [3.63, 3.8) is 0 Å². The number of nitrogens with two attached hydrogens (primary N) is 1. The molecule has 0 amide bonds. The number of aryl methyl sites for hydroxylation is 1. The third-order valence-corrected chi connectivity index (χ3v) is 3.61. The number of fused-ring (bicyclic) bond motifs is 1. The number of anilines is 2. The van der Waals surface area contributed by atoms with Crippen LogP contribution in [0.15, 0.2) is 48.5 Å². The van der Waals surface area contributed by atoms with E-state index in [2.05, 4.69) is 10.3 Å². The van der Waals surface area contributed by atoms with Gasteiger partial charge in [-0.05, 0) is 48.9 Å². The molecule has 3 rings (SSSR count). The van der Waals surface area contributed by atoms with Crippen LogP contribution in [-0.2, 0) is 6.54 Å². The van der Waals surface area contributed by atoms with E-state index in [9.17, 15) is 0 Å². The molecule has 0 fully saturated rings. The van der Waals surface area contributed by atoms with Crippen molar-refractivity contribution in [2.24, 2.45) is 0 Å². The third-order valence-electron chi connectivity index (χ3n) is 3.36. The number of nitrogens with zero attached hydrogens (tertiary/aromatic N) is 1. The summed E-state index contributed by atoms with van der Waals surface area (Å²) in [5, 5.41) is 5.24. The lowest BCUT2D eigenvalue weighted by Gasteiger charge is -2.11. The quantitative estimate of drug-likeness (QED) is 0.705. The van der Waals surface area contributed by atoms with Gasteiger partial charge in [0.25, 0.3) is 0 Å². The van der Waals surface area contributed by atoms with Gasteiger partial charge in [0.05, 0.1) is 5.52 Å². The highest BCUT2D eigenvalue weighted by molar-refractivity contribution is 6.30. The van der Waals surface area contributed by atoms with Crippen molar-refractivity contribution in [2.45, 2.75) is 13.5 Å². The molecule has 4 heteroatoms.